The Balaban J connectivity index is 1.86. The highest BCUT2D eigenvalue weighted by Crippen LogP contribution is 2.23. The quantitative estimate of drug-likeness (QED) is 0.739. The van der Waals surface area contributed by atoms with E-state index in [4.69, 9.17) is 9.47 Å². The zero-order chi connectivity index (χ0) is 14.2. The molecule has 2 rings (SSSR count). The highest BCUT2D eigenvalue weighted by atomic mass is 16.5. The first-order valence-electron chi connectivity index (χ1n) is 8.41. The summed E-state index contributed by atoms with van der Waals surface area (Å²) in [7, 11) is 1.80. The molecule has 3 atom stereocenters. The fraction of sp³-hybridized carbons (Fsp3) is 1.00. The molecule has 2 aliphatic rings. The number of rotatable bonds is 8. The lowest BCUT2D eigenvalue weighted by Gasteiger charge is -2.38. The van der Waals surface area contributed by atoms with Crippen LogP contribution in [-0.4, -0.2) is 63.0 Å². The predicted molar refractivity (Wildman–Crippen MR) is 82.1 cm³/mol. The van der Waals surface area contributed by atoms with Crippen LogP contribution >= 0.6 is 0 Å². The van der Waals surface area contributed by atoms with Gasteiger partial charge in [-0.2, -0.15) is 0 Å². The summed E-state index contributed by atoms with van der Waals surface area (Å²) < 4.78 is 11.2. The summed E-state index contributed by atoms with van der Waals surface area (Å²) in [6.07, 6.45) is 7.93. The first kappa shape index (κ1) is 16.2. The molecule has 0 amide bonds. The van der Waals surface area contributed by atoms with E-state index in [1.54, 1.807) is 7.11 Å². The molecule has 2 fully saturated rings. The Morgan fingerprint density at radius 2 is 2.25 bits per heavy atom. The Morgan fingerprint density at radius 1 is 1.35 bits per heavy atom. The van der Waals surface area contributed by atoms with Gasteiger partial charge in [-0.3, -0.25) is 4.90 Å². The van der Waals surface area contributed by atoms with Gasteiger partial charge in [0.2, 0.25) is 0 Å². The molecule has 0 radical (unpaired) electrons. The second-order valence-electron chi connectivity index (χ2n) is 6.24. The van der Waals surface area contributed by atoms with Crippen LogP contribution in [0, 0.1) is 0 Å². The van der Waals surface area contributed by atoms with Crippen LogP contribution in [0.4, 0.5) is 0 Å². The summed E-state index contributed by atoms with van der Waals surface area (Å²) in [5, 5.41) is 3.63. The van der Waals surface area contributed by atoms with Gasteiger partial charge in [-0.25, -0.2) is 0 Å². The molecule has 0 spiro atoms. The van der Waals surface area contributed by atoms with Gasteiger partial charge in [-0.1, -0.05) is 13.3 Å². The number of methoxy groups -OCH3 is 1. The molecule has 0 bridgehead atoms. The van der Waals surface area contributed by atoms with Crippen LogP contribution in [0.2, 0.25) is 0 Å². The van der Waals surface area contributed by atoms with E-state index in [0.29, 0.717) is 18.2 Å². The number of nitrogens with zero attached hydrogens (tertiary/aromatic N) is 1. The van der Waals surface area contributed by atoms with Crippen molar-refractivity contribution in [3.63, 3.8) is 0 Å². The van der Waals surface area contributed by atoms with Crippen molar-refractivity contribution in [2.24, 2.45) is 0 Å². The van der Waals surface area contributed by atoms with Crippen molar-refractivity contribution in [2.75, 3.05) is 40.0 Å². The third-order valence-electron chi connectivity index (χ3n) is 4.67. The minimum Gasteiger partial charge on any atom is -0.383 e. The Kier molecular flexibility index (Phi) is 7.28. The number of hydrogen-bond acceptors (Lipinski definition) is 4. The van der Waals surface area contributed by atoms with Crippen LogP contribution in [0.1, 0.15) is 45.4 Å². The van der Waals surface area contributed by atoms with Gasteiger partial charge >= 0.3 is 0 Å². The Bertz CT molecular complexity index is 255. The number of nitrogens with one attached hydrogen (secondary N) is 1. The van der Waals surface area contributed by atoms with Gasteiger partial charge in [0.05, 0.1) is 12.7 Å². The average molecular weight is 284 g/mol. The van der Waals surface area contributed by atoms with E-state index in [0.717, 1.165) is 19.8 Å². The molecule has 2 saturated heterocycles. The third-order valence-corrected chi connectivity index (χ3v) is 4.67. The molecule has 0 aromatic rings. The zero-order valence-electron chi connectivity index (χ0n) is 13.3. The van der Waals surface area contributed by atoms with Crippen molar-refractivity contribution >= 4 is 0 Å². The van der Waals surface area contributed by atoms with Crippen molar-refractivity contribution in [1.29, 1.82) is 0 Å². The van der Waals surface area contributed by atoms with Crippen molar-refractivity contribution in [3.05, 3.63) is 0 Å². The summed E-state index contributed by atoms with van der Waals surface area (Å²) in [4.78, 5) is 2.65. The molecule has 3 unspecified atom stereocenters. The van der Waals surface area contributed by atoms with E-state index in [1.807, 2.05) is 0 Å². The van der Waals surface area contributed by atoms with Crippen LogP contribution in [0.5, 0.6) is 0 Å². The standard InChI is InChI=1S/C16H32N2O2/c1-3-5-16-12-15(7-10-20-16)18(9-11-19-2)13-14-6-4-8-17-14/h14-17H,3-13H2,1-2H3. The molecule has 1 N–H and O–H groups in total. The summed E-state index contributed by atoms with van der Waals surface area (Å²) in [6.45, 7) is 7.43. The van der Waals surface area contributed by atoms with Gasteiger partial charge in [-0.15, -0.1) is 0 Å². The minimum atomic E-state index is 0.473. The maximum Gasteiger partial charge on any atom is 0.0590 e. The molecule has 2 aliphatic heterocycles. The third kappa shape index (κ3) is 4.99. The van der Waals surface area contributed by atoms with Gasteiger partial charge in [0.15, 0.2) is 0 Å². The SMILES string of the molecule is CCCC1CC(N(CCOC)CC2CCCN2)CCO1. The highest BCUT2D eigenvalue weighted by molar-refractivity contribution is 4.84. The fourth-order valence-electron chi connectivity index (χ4n) is 3.54. The molecular weight excluding hydrogens is 252 g/mol. The predicted octanol–water partition coefficient (Wildman–Crippen LogP) is 2.03. The lowest BCUT2D eigenvalue weighted by molar-refractivity contribution is -0.0358. The molecule has 0 aromatic heterocycles. The first-order chi connectivity index (χ1) is 9.83. The second kappa shape index (κ2) is 8.98. The number of ether oxygens (including phenoxy) is 2. The van der Waals surface area contributed by atoms with E-state index >= 15 is 0 Å². The van der Waals surface area contributed by atoms with Crippen LogP contribution in [0.15, 0.2) is 0 Å². The van der Waals surface area contributed by atoms with Gasteiger partial charge in [-0.05, 0) is 38.6 Å². The van der Waals surface area contributed by atoms with Gasteiger partial charge in [0.25, 0.3) is 0 Å². The molecule has 4 nitrogen and oxygen atoms in total. The second-order valence-corrected chi connectivity index (χ2v) is 6.24. The summed E-state index contributed by atoms with van der Waals surface area (Å²) >= 11 is 0. The van der Waals surface area contributed by atoms with Crippen molar-refractivity contribution in [3.8, 4) is 0 Å². The molecule has 4 heteroatoms. The maximum absolute atomic E-state index is 5.90. The lowest BCUT2D eigenvalue weighted by atomic mass is 9.98. The van der Waals surface area contributed by atoms with Crippen molar-refractivity contribution in [1.82, 2.24) is 10.2 Å². The minimum absolute atomic E-state index is 0.473. The summed E-state index contributed by atoms with van der Waals surface area (Å²) in [6, 6.07) is 1.36. The maximum atomic E-state index is 5.90. The summed E-state index contributed by atoms with van der Waals surface area (Å²) in [5.74, 6) is 0. The summed E-state index contributed by atoms with van der Waals surface area (Å²) in [5.41, 5.74) is 0. The smallest absolute Gasteiger partial charge is 0.0590 e. The van der Waals surface area contributed by atoms with Crippen LogP contribution in [-0.2, 0) is 9.47 Å². The molecule has 20 heavy (non-hydrogen) atoms. The molecular formula is C16H32N2O2. The molecule has 0 aromatic carbocycles. The van der Waals surface area contributed by atoms with E-state index < -0.39 is 0 Å². The topological polar surface area (TPSA) is 33.7 Å². The Labute approximate surface area is 124 Å². The zero-order valence-corrected chi connectivity index (χ0v) is 13.3. The number of hydrogen-bond donors (Lipinski definition) is 1. The van der Waals surface area contributed by atoms with Crippen molar-refractivity contribution < 1.29 is 9.47 Å². The van der Waals surface area contributed by atoms with E-state index in [-0.39, 0.29) is 0 Å². The molecule has 0 aliphatic carbocycles. The van der Waals surface area contributed by atoms with Crippen LogP contribution in [0.25, 0.3) is 0 Å². The van der Waals surface area contributed by atoms with E-state index in [1.165, 1.54) is 51.6 Å². The van der Waals surface area contributed by atoms with E-state index in [2.05, 4.69) is 17.1 Å². The first-order valence-corrected chi connectivity index (χ1v) is 8.41. The largest absolute Gasteiger partial charge is 0.383 e. The lowest BCUT2D eigenvalue weighted by Crippen LogP contribution is -2.48. The highest BCUT2D eigenvalue weighted by Gasteiger charge is 2.28. The van der Waals surface area contributed by atoms with Gasteiger partial charge in [0.1, 0.15) is 0 Å². The van der Waals surface area contributed by atoms with E-state index in [9.17, 15) is 0 Å². The normalized spacial score (nSPS) is 31.1. The van der Waals surface area contributed by atoms with Crippen LogP contribution in [0.3, 0.4) is 0 Å². The molecule has 0 saturated carbocycles. The van der Waals surface area contributed by atoms with Gasteiger partial charge < -0.3 is 14.8 Å². The fourth-order valence-corrected chi connectivity index (χ4v) is 3.54. The average Bonchev–Trinajstić information content (AvgIpc) is 2.97. The Morgan fingerprint density at radius 3 is 2.95 bits per heavy atom. The molecule has 118 valence electrons. The van der Waals surface area contributed by atoms with Crippen molar-refractivity contribution in [2.45, 2.75) is 63.6 Å². The Hall–Kier alpha value is -0.160. The monoisotopic (exact) mass is 284 g/mol. The van der Waals surface area contributed by atoms with Crippen LogP contribution < -0.4 is 5.32 Å². The van der Waals surface area contributed by atoms with Gasteiger partial charge in [0, 0.05) is 38.9 Å². The molecule has 2 heterocycles.